The quantitative estimate of drug-likeness (QED) is 0.331. The van der Waals surface area contributed by atoms with Crippen molar-refractivity contribution >= 4 is 29.9 Å². The van der Waals surface area contributed by atoms with Crippen LogP contribution in [-0.2, 0) is 6.54 Å². The largest absolute Gasteiger partial charge is 0.484 e. The first-order chi connectivity index (χ1) is 12.9. The molecule has 1 aromatic rings. The van der Waals surface area contributed by atoms with Gasteiger partial charge in [-0.1, -0.05) is 18.6 Å². The van der Waals surface area contributed by atoms with Gasteiger partial charge in [-0.15, -0.1) is 24.0 Å². The van der Waals surface area contributed by atoms with Crippen LogP contribution in [0.25, 0.3) is 0 Å². The third kappa shape index (κ3) is 9.31. The van der Waals surface area contributed by atoms with Crippen LogP contribution in [0.3, 0.4) is 0 Å². The molecule has 1 aromatic carbocycles. The van der Waals surface area contributed by atoms with E-state index in [9.17, 15) is 13.2 Å². The number of rotatable bonds is 7. The summed E-state index contributed by atoms with van der Waals surface area (Å²) in [5.41, 5.74) is 0.932. The van der Waals surface area contributed by atoms with E-state index in [0.717, 1.165) is 25.2 Å². The number of aliphatic imine (C=N–C) groups is 1. The van der Waals surface area contributed by atoms with Crippen LogP contribution in [-0.4, -0.2) is 56.4 Å². The van der Waals surface area contributed by atoms with E-state index in [1.807, 2.05) is 0 Å². The highest BCUT2D eigenvalue weighted by molar-refractivity contribution is 14.0. The van der Waals surface area contributed by atoms with Crippen LogP contribution >= 0.6 is 24.0 Å². The van der Waals surface area contributed by atoms with Crippen molar-refractivity contribution in [3.63, 3.8) is 0 Å². The average molecular weight is 514 g/mol. The van der Waals surface area contributed by atoms with Gasteiger partial charge in [0.25, 0.3) is 0 Å². The van der Waals surface area contributed by atoms with Gasteiger partial charge in [0.15, 0.2) is 12.6 Å². The Labute approximate surface area is 182 Å². The summed E-state index contributed by atoms with van der Waals surface area (Å²) in [5, 5.41) is 6.51. The number of nitrogens with zero attached hydrogens (tertiary/aromatic N) is 2. The topological polar surface area (TPSA) is 48.9 Å². The Morgan fingerprint density at radius 3 is 2.54 bits per heavy atom. The standard InChI is InChI=1S/C19H29F3N4O.HI/c1-15-5-3-4-11-26(15)12-10-24-18(23-2)25-13-16-6-8-17(9-7-16)27-14-19(20,21)22;/h6-9,15H,3-5,10-14H2,1-2H3,(H2,23,24,25);1H. The van der Waals surface area contributed by atoms with E-state index in [1.165, 1.54) is 31.4 Å². The molecule has 0 radical (unpaired) electrons. The van der Waals surface area contributed by atoms with E-state index in [2.05, 4.69) is 27.4 Å². The van der Waals surface area contributed by atoms with Crippen molar-refractivity contribution in [2.24, 2.45) is 4.99 Å². The number of guanidine groups is 1. The number of hydrogen-bond donors (Lipinski definition) is 2. The van der Waals surface area contributed by atoms with Gasteiger partial charge in [-0.3, -0.25) is 9.89 Å². The molecule has 0 saturated carbocycles. The van der Waals surface area contributed by atoms with Crippen LogP contribution in [0.5, 0.6) is 5.75 Å². The number of nitrogens with one attached hydrogen (secondary N) is 2. The van der Waals surface area contributed by atoms with Crippen molar-refractivity contribution in [2.45, 2.75) is 44.9 Å². The second kappa shape index (κ2) is 12.4. The van der Waals surface area contributed by atoms with Gasteiger partial charge < -0.3 is 15.4 Å². The van der Waals surface area contributed by atoms with E-state index in [4.69, 9.17) is 4.74 Å². The second-order valence-electron chi connectivity index (χ2n) is 6.78. The van der Waals surface area contributed by atoms with Crippen LogP contribution in [0.1, 0.15) is 31.7 Å². The molecule has 1 aliphatic heterocycles. The molecule has 28 heavy (non-hydrogen) atoms. The van der Waals surface area contributed by atoms with Crippen LogP contribution in [0.4, 0.5) is 13.2 Å². The fourth-order valence-corrected chi connectivity index (χ4v) is 3.08. The van der Waals surface area contributed by atoms with E-state index < -0.39 is 12.8 Å². The minimum Gasteiger partial charge on any atom is -0.484 e. The average Bonchev–Trinajstić information content (AvgIpc) is 2.64. The van der Waals surface area contributed by atoms with Crippen molar-refractivity contribution in [1.82, 2.24) is 15.5 Å². The second-order valence-corrected chi connectivity index (χ2v) is 6.78. The molecule has 1 aliphatic rings. The lowest BCUT2D eigenvalue weighted by molar-refractivity contribution is -0.153. The maximum atomic E-state index is 12.2. The molecule has 160 valence electrons. The molecule has 0 aliphatic carbocycles. The molecule has 1 heterocycles. The highest BCUT2D eigenvalue weighted by atomic mass is 127. The molecule has 2 N–H and O–H groups in total. The molecule has 5 nitrogen and oxygen atoms in total. The fourth-order valence-electron chi connectivity index (χ4n) is 3.08. The monoisotopic (exact) mass is 514 g/mol. The van der Waals surface area contributed by atoms with Crippen molar-refractivity contribution < 1.29 is 17.9 Å². The molecular weight excluding hydrogens is 484 g/mol. The van der Waals surface area contributed by atoms with Gasteiger partial charge in [0.1, 0.15) is 5.75 Å². The third-order valence-corrected chi connectivity index (χ3v) is 4.64. The van der Waals surface area contributed by atoms with Gasteiger partial charge in [-0.05, 0) is 44.0 Å². The number of hydrogen-bond acceptors (Lipinski definition) is 3. The van der Waals surface area contributed by atoms with Crippen LogP contribution in [0.15, 0.2) is 29.3 Å². The summed E-state index contributed by atoms with van der Waals surface area (Å²) in [7, 11) is 1.72. The third-order valence-electron chi connectivity index (χ3n) is 4.64. The first kappa shape index (κ1) is 24.8. The van der Waals surface area contributed by atoms with Gasteiger partial charge >= 0.3 is 6.18 Å². The number of ether oxygens (including phenoxy) is 1. The van der Waals surface area contributed by atoms with Crippen molar-refractivity contribution in [1.29, 1.82) is 0 Å². The number of piperidine rings is 1. The Hall–Kier alpha value is -1.23. The summed E-state index contributed by atoms with van der Waals surface area (Å²) in [6, 6.07) is 7.18. The molecule has 0 spiro atoms. The van der Waals surface area contributed by atoms with E-state index in [0.29, 0.717) is 18.5 Å². The highest BCUT2D eigenvalue weighted by Gasteiger charge is 2.28. The maximum absolute atomic E-state index is 12.2. The van der Waals surface area contributed by atoms with Crippen LogP contribution in [0.2, 0.25) is 0 Å². The zero-order chi connectivity index (χ0) is 19.7. The van der Waals surface area contributed by atoms with E-state index >= 15 is 0 Å². The Kier molecular flexibility index (Phi) is 10.9. The number of alkyl halides is 3. The summed E-state index contributed by atoms with van der Waals surface area (Å²) >= 11 is 0. The highest BCUT2D eigenvalue weighted by Crippen LogP contribution is 2.19. The summed E-state index contributed by atoms with van der Waals surface area (Å²) in [6.45, 7) is 4.46. The van der Waals surface area contributed by atoms with Gasteiger partial charge in [-0.25, -0.2) is 0 Å². The lowest BCUT2D eigenvalue weighted by Crippen LogP contribution is -2.45. The number of benzene rings is 1. The summed E-state index contributed by atoms with van der Waals surface area (Å²) in [5.74, 6) is 0.909. The predicted octanol–water partition coefficient (Wildman–Crippen LogP) is 3.79. The molecule has 9 heteroatoms. The Morgan fingerprint density at radius 1 is 1.21 bits per heavy atom. The van der Waals surface area contributed by atoms with Crippen molar-refractivity contribution in [3.05, 3.63) is 29.8 Å². The minimum atomic E-state index is -4.33. The van der Waals surface area contributed by atoms with Crippen LogP contribution < -0.4 is 15.4 Å². The number of halogens is 4. The SMILES string of the molecule is CN=C(NCCN1CCCCC1C)NCc1ccc(OCC(F)(F)F)cc1.I. The Balaban J connectivity index is 0.00000392. The summed E-state index contributed by atoms with van der Waals surface area (Å²) in [4.78, 5) is 6.69. The summed E-state index contributed by atoms with van der Waals surface area (Å²) in [6.07, 6.45) is -0.492. The molecule has 1 unspecified atom stereocenters. The van der Waals surface area contributed by atoms with Gasteiger partial charge in [0, 0.05) is 32.7 Å². The fraction of sp³-hybridized carbons (Fsp3) is 0.632. The smallest absolute Gasteiger partial charge is 0.422 e. The Bertz CT molecular complexity index is 596. The molecule has 1 saturated heterocycles. The lowest BCUT2D eigenvalue weighted by atomic mass is 10.0. The van der Waals surface area contributed by atoms with Gasteiger partial charge in [-0.2, -0.15) is 13.2 Å². The van der Waals surface area contributed by atoms with Gasteiger partial charge in [0.2, 0.25) is 0 Å². The van der Waals surface area contributed by atoms with Crippen molar-refractivity contribution in [3.8, 4) is 5.75 Å². The molecule has 1 atom stereocenters. The lowest BCUT2D eigenvalue weighted by Gasteiger charge is -2.33. The Morgan fingerprint density at radius 2 is 1.93 bits per heavy atom. The van der Waals surface area contributed by atoms with Gasteiger partial charge in [0.05, 0.1) is 0 Å². The normalized spacial score (nSPS) is 18.3. The summed E-state index contributed by atoms with van der Waals surface area (Å²) < 4.78 is 41.2. The van der Waals surface area contributed by atoms with Crippen LogP contribution in [0, 0.1) is 0 Å². The van der Waals surface area contributed by atoms with E-state index in [-0.39, 0.29) is 29.7 Å². The zero-order valence-corrected chi connectivity index (χ0v) is 18.7. The first-order valence-corrected chi connectivity index (χ1v) is 9.34. The molecule has 0 bridgehead atoms. The minimum absolute atomic E-state index is 0. The zero-order valence-electron chi connectivity index (χ0n) is 16.4. The maximum Gasteiger partial charge on any atom is 0.422 e. The van der Waals surface area contributed by atoms with E-state index in [1.54, 1.807) is 19.2 Å². The molecule has 1 fully saturated rings. The predicted molar refractivity (Wildman–Crippen MR) is 116 cm³/mol. The first-order valence-electron chi connectivity index (χ1n) is 9.34. The molecule has 0 aromatic heterocycles. The molecule has 0 amide bonds. The molecule has 2 rings (SSSR count). The number of likely N-dealkylation sites (tertiary alicyclic amines) is 1. The van der Waals surface area contributed by atoms with Crippen molar-refractivity contribution in [2.75, 3.05) is 33.3 Å². The molecular formula is C19H30F3IN4O.